The minimum absolute atomic E-state index is 0.127. The number of hydrogen-bond acceptors (Lipinski definition) is 4. The fourth-order valence-electron chi connectivity index (χ4n) is 1.29. The third-order valence-corrected chi connectivity index (χ3v) is 2.77. The number of carbonyl (C=O) groups is 3. The molecule has 0 bridgehead atoms. The van der Waals surface area contributed by atoms with Crippen LogP contribution < -0.4 is 5.32 Å². The van der Waals surface area contributed by atoms with Crippen molar-refractivity contribution < 1.29 is 18.8 Å². The minimum Gasteiger partial charge on any atom is -0.451 e. The van der Waals surface area contributed by atoms with Crippen LogP contribution in [0.25, 0.3) is 6.08 Å². The van der Waals surface area contributed by atoms with Crippen LogP contribution in [0.5, 0.6) is 0 Å². The molecule has 7 heteroatoms. The van der Waals surface area contributed by atoms with E-state index in [2.05, 4.69) is 5.32 Å². The van der Waals surface area contributed by atoms with Gasteiger partial charge >= 0.3 is 6.03 Å². The summed E-state index contributed by atoms with van der Waals surface area (Å²) in [6.45, 7) is 0. The zero-order valence-corrected chi connectivity index (χ0v) is 10.8. The van der Waals surface area contributed by atoms with E-state index in [1.165, 1.54) is 13.1 Å². The molecule has 0 unspecified atom stereocenters. The Bertz CT molecular complexity index is 546. The Morgan fingerprint density at radius 2 is 2.06 bits per heavy atom. The fraction of sp³-hybridized carbons (Fsp3) is 0.100. The van der Waals surface area contributed by atoms with Gasteiger partial charge in [-0.25, -0.2) is 4.79 Å². The van der Waals surface area contributed by atoms with Gasteiger partial charge in [-0.1, -0.05) is 0 Å². The Labute approximate surface area is 110 Å². The predicted octanol–water partition coefficient (Wildman–Crippen LogP) is 0.976. The molecule has 0 spiro atoms. The molecule has 0 aliphatic carbocycles. The van der Waals surface area contributed by atoms with E-state index in [-0.39, 0.29) is 5.57 Å². The number of furan rings is 1. The lowest BCUT2D eigenvalue weighted by atomic mass is 10.1. The number of hydrogen-bond donors (Lipinski definition) is 1. The van der Waals surface area contributed by atoms with Crippen molar-refractivity contribution in [3.8, 4) is 0 Å². The predicted molar refractivity (Wildman–Crippen MR) is 65.7 cm³/mol. The van der Waals surface area contributed by atoms with Crippen molar-refractivity contribution in [2.45, 2.75) is 0 Å². The topological polar surface area (TPSA) is 79.6 Å². The molecule has 0 saturated carbocycles. The molecule has 1 aromatic rings. The average molecular weight is 346 g/mol. The molecule has 1 N–H and O–H groups in total. The third kappa shape index (κ3) is 2.23. The number of carbonyl (C=O) groups excluding carboxylic acids is 3. The Kier molecular flexibility index (Phi) is 3.01. The van der Waals surface area contributed by atoms with E-state index in [1.807, 2.05) is 22.6 Å². The second-order valence-electron chi connectivity index (χ2n) is 3.32. The second-order valence-corrected chi connectivity index (χ2v) is 4.39. The average Bonchev–Trinajstić information content (AvgIpc) is 2.67. The lowest BCUT2D eigenvalue weighted by molar-refractivity contribution is -0.129. The monoisotopic (exact) mass is 346 g/mol. The highest BCUT2D eigenvalue weighted by atomic mass is 127. The summed E-state index contributed by atoms with van der Waals surface area (Å²) in [6.07, 6.45) is 1.31. The zero-order chi connectivity index (χ0) is 12.6. The van der Waals surface area contributed by atoms with Gasteiger partial charge in [0.05, 0.1) is 0 Å². The standard InChI is InChI=1S/C10H7IN2O4/c1-13-9(15)6(8(14)12-10(13)16)4-5-2-3-7(11)17-5/h2-4H,1H3,(H,12,14,16). The van der Waals surface area contributed by atoms with Gasteiger partial charge in [-0.2, -0.15) is 0 Å². The van der Waals surface area contributed by atoms with E-state index in [0.717, 1.165) is 4.90 Å². The van der Waals surface area contributed by atoms with Crippen molar-refractivity contribution in [3.63, 3.8) is 0 Å². The maximum absolute atomic E-state index is 11.7. The first-order valence-corrected chi connectivity index (χ1v) is 5.67. The molecule has 88 valence electrons. The first-order valence-electron chi connectivity index (χ1n) is 4.59. The SMILES string of the molecule is CN1C(=O)NC(=O)C(=Cc2ccc(I)o2)C1=O. The summed E-state index contributed by atoms with van der Waals surface area (Å²) in [5, 5.41) is 2.05. The summed E-state index contributed by atoms with van der Waals surface area (Å²) in [5.41, 5.74) is -0.127. The molecule has 1 aliphatic heterocycles. The first kappa shape index (κ1) is 11.8. The fourth-order valence-corrected chi connectivity index (χ4v) is 1.73. The van der Waals surface area contributed by atoms with E-state index in [0.29, 0.717) is 9.53 Å². The number of urea groups is 1. The Morgan fingerprint density at radius 1 is 1.35 bits per heavy atom. The van der Waals surface area contributed by atoms with Crippen LogP contribution in [0.15, 0.2) is 22.1 Å². The number of nitrogens with zero attached hydrogens (tertiary/aromatic N) is 1. The number of imide groups is 2. The molecule has 2 heterocycles. The highest BCUT2D eigenvalue weighted by Crippen LogP contribution is 2.16. The molecule has 17 heavy (non-hydrogen) atoms. The van der Waals surface area contributed by atoms with Crippen LogP contribution in [0.2, 0.25) is 0 Å². The maximum atomic E-state index is 11.7. The highest BCUT2D eigenvalue weighted by Gasteiger charge is 2.33. The molecule has 1 saturated heterocycles. The van der Waals surface area contributed by atoms with Crippen molar-refractivity contribution in [3.05, 3.63) is 27.2 Å². The van der Waals surface area contributed by atoms with Gasteiger partial charge in [0.25, 0.3) is 11.8 Å². The summed E-state index contributed by atoms with van der Waals surface area (Å²) in [4.78, 5) is 35.1. The second kappa shape index (κ2) is 4.32. The number of amides is 4. The zero-order valence-electron chi connectivity index (χ0n) is 8.69. The van der Waals surface area contributed by atoms with Crippen molar-refractivity contribution in [2.24, 2.45) is 0 Å². The van der Waals surface area contributed by atoms with Gasteiger partial charge in [0, 0.05) is 7.05 Å². The number of nitrogens with one attached hydrogen (secondary N) is 1. The molecule has 1 fully saturated rings. The van der Waals surface area contributed by atoms with Crippen molar-refractivity contribution in [1.29, 1.82) is 0 Å². The molecule has 6 nitrogen and oxygen atoms in total. The van der Waals surface area contributed by atoms with Crippen molar-refractivity contribution in [2.75, 3.05) is 7.05 Å². The van der Waals surface area contributed by atoms with E-state index in [1.54, 1.807) is 12.1 Å². The van der Waals surface area contributed by atoms with Crippen LogP contribution in [0.1, 0.15) is 5.76 Å². The Balaban J connectivity index is 2.37. The van der Waals surface area contributed by atoms with Gasteiger partial charge < -0.3 is 4.42 Å². The summed E-state index contributed by atoms with van der Waals surface area (Å²) in [6, 6.07) is 2.60. The van der Waals surface area contributed by atoms with Crippen molar-refractivity contribution in [1.82, 2.24) is 10.2 Å². The van der Waals surface area contributed by atoms with Gasteiger partial charge in [-0.15, -0.1) is 0 Å². The van der Waals surface area contributed by atoms with Gasteiger partial charge in [-0.3, -0.25) is 19.8 Å². The lowest BCUT2D eigenvalue weighted by Crippen LogP contribution is -2.52. The lowest BCUT2D eigenvalue weighted by Gasteiger charge is -2.21. The normalized spacial score (nSPS) is 18.8. The molecule has 4 amide bonds. The Morgan fingerprint density at radius 3 is 2.65 bits per heavy atom. The summed E-state index contributed by atoms with van der Waals surface area (Å²) >= 11 is 1.97. The van der Waals surface area contributed by atoms with Crippen LogP contribution in [0.4, 0.5) is 4.79 Å². The van der Waals surface area contributed by atoms with Gasteiger partial charge in [0.15, 0.2) is 3.77 Å². The van der Waals surface area contributed by atoms with Crippen LogP contribution in [0, 0.1) is 3.77 Å². The molecule has 1 aliphatic rings. The molecule has 1 aromatic heterocycles. The minimum atomic E-state index is -0.730. The van der Waals surface area contributed by atoms with E-state index >= 15 is 0 Å². The molecule has 2 rings (SSSR count). The van der Waals surface area contributed by atoms with E-state index in [4.69, 9.17) is 4.42 Å². The number of likely N-dealkylation sites (N-methyl/N-ethyl adjacent to an activating group) is 1. The summed E-state index contributed by atoms with van der Waals surface area (Å²) < 4.78 is 5.86. The van der Waals surface area contributed by atoms with Gasteiger partial charge in [0.1, 0.15) is 11.3 Å². The third-order valence-electron chi connectivity index (χ3n) is 2.19. The van der Waals surface area contributed by atoms with Crippen LogP contribution in [-0.4, -0.2) is 29.8 Å². The summed E-state index contributed by atoms with van der Waals surface area (Å²) in [5.74, 6) is -0.981. The molecular formula is C10H7IN2O4. The van der Waals surface area contributed by atoms with Gasteiger partial charge in [-0.05, 0) is 40.8 Å². The number of barbiturate groups is 1. The number of rotatable bonds is 1. The van der Waals surface area contributed by atoms with Crippen LogP contribution >= 0.6 is 22.6 Å². The highest BCUT2D eigenvalue weighted by molar-refractivity contribution is 14.1. The van der Waals surface area contributed by atoms with E-state index in [9.17, 15) is 14.4 Å². The summed E-state index contributed by atoms with van der Waals surface area (Å²) in [7, 11) is 1.30. The molecular weight excluding hydrogens is 339 g/mol. The first-order chi connectivity index (χ1) is 7.99. The maximum Gasteiger partial charge on any atom is 0.331 e. The largest absolute Gasteiger partial charge is 0.451 e. The van der Waals surface area contributed by atoms with Crippen LogP contribution in [-0.2, 0) is 9.59 Å². The molecule has 0 radical (unpaired) electrons. The van der Waals surface area contributed by atoms with Gasteiger partial charge in [0.2, 0.25) is 0 Å². The number of halogens is 1. The van der Waals surface area contributed by atoms with E-state index < -0.39 is 17.8 Å². The molecule has 0 atom stereocenters. The van der Waals surface area contributed by atoms with Crippen LogP contribution in [0.3, 0.4) is 0 Å². The van der Waals surface area contributed by atoms with Crippen molar-refractivity contribution >= 4 is 46.5 Å². The smallest absolute Gasteiger partial charge is 0.331 e. The molecule has 0 aromatic carbocycles. The quantitative estimate of drug-likeness (QED) is 0.467. The Hall–Kier alpha value is -1.64.